The minimum Gasteiger partial charge on any atom is -0.326 e. The van der Waals surface area contributed by atoms with Gasteiger partial charge >= 0.3 is 0 Å². The van der Waals surface area contributed by atoms with Crippen LogP contribution in [0, 0.1) is 0 Å². The lowest BCUT2D eigenvalue weighted by Crippen LogP contribution is -2.44. The van der Waals surface area contributed by atoms with Gasteiger partial charge in [-0.15, -0.1) is 0 Å². The van der Waals surface area contributed by atoms with Crippen molar-refractivity contribution in [2.45, 2.75) is 57.7 Å². The van der Waals surface area contributed by atoms with Crippen molar-refractivity contribution in [2.24, 2.45) is 5.73 Å². The number of hydrogen-bond acceptors (Lipinski definition) is 2. The molecular weight excluding hydrogens is 256 g/mol. The second kappa shape index (κ2) is 6.74. The fourth-order valence-electron chi connectivity index (χ4n) is 3.41. The van der Waals surface area contributed by atoms with Crippen molar-refractivity contribution >= 4 is 11.6 Å². The van der Waals surface area contributed by atoms with Crippen molar-refractivity contribution in [3.05, 3.63) is 34.9 Å². The fraction of sp³-hybridized carbons (Fsp3) is 0.625. The molecule has 19 heavy (non-hydrogen) atoms. The van der Waals surface area contributed by atoms with Crippen LogP contribution in [0.15, 0.2) is 24.3 Å². The smallest absolute Gasteiger partial charge is 0.0499 e. The molecule has 2 N–H and O–H groups in total. The molecule has 2 atom stereocenters. The molecular formula is C16H25ClN2. The van der Waals surface area contributed by atoms with Crippen LogP contribution in [-0.4, -0.2) is 23.5 Å². The Bertz CT molecular complexity index is 399. The molecule has 1 aliphatic carbocycles. The van der Waals surface area contributed by atoms with Gasteiger partial charge in [0.25, 0.3) is 0 Å². The van der Waals surface area contributed by atoms with Crippen molar-refractivity contribution in [2.75, 3.05) is 6.54 Å². The largest absolute Gasteiger partial charge is 0.326 e. The van der Waals surface area contributed by atoms with Crippen LogP contribution in [0.5, 0.6) is 0 Å². The van der Waals surface area contributed by atoms with Crippen LogP contribution in [-0.2, 0) is 0 Å². The van der Waals surface area contributed by atoms with Crippen LogP contribution in [0.1, 0.15) is 51.1 Å². The van der Waals surface area contributed by atoms with E-state index in [0.29, 0.717) is 6.04 Å². The van der Waals surface area contributed by atoms with Gasteiger partial charge in [-0.1, -0.05) is 43.5 Å². The van der Waals surface area contributed by atoms with Gasteiger partial charge in [0.2, 0.25) is 0 Å². The van der Waals surface area contributed by atoms with Gasteiger partial charge in [0.05, 0.1) is 0 Å². The molecule has 0 radical (unpaired) electrons. The van der Waals surface area contributed by atoms with Crippen LogP contribution < -0.4 is 5.73 Å². The fourth-order valence-corrected chi connectivity index (χ4v) is 3.60. The van der Waals surface area contributed by atoms with E-state index in [1.165, 1.54) is 31.2 Å². The summed E-state index contributed by atoms with van der Waals surface area (Å²) in [5.74, 6) is 0. The predicted octanol–water partition coefficient (Wildman–Crippen LogP) is 3.99. The maximum atomic E-state index is 6.28. The van der Waals surface area contributed by atoms with Gasteiger partial charge in [0.1, 0.15) is 0 Å². The Hall–Kier alpha value is -0.570. The van der Waals surface area contributed by atoms with Gasteiger partial charge in [0, 0.05) is 23.1 Å². The summed E-state index contributed by atoms with van der Waals surface area (Å²) in [4.78, 5) is 2.57. The first kappa shape index (κ1) is 14.8. The van der Waals surface area contributed by atoms with Crippen LogP contribution in [0.2, 0.25) is 5.02 Å². The molecule has 1 aromatic rings. The van der Waals surface area contributed by atoms with Crippen molar-refractivity contribution in [1.29, 1.82) is 0 Å². The third-order valence-corrected chi connectivity index (χ3v) is 4.44. The molecule has 2 rings (SSSR count). The molecule has 3 heteroatoms. The molecule has 0 heterocycles. The zero-order valence-corrected chi connectivity index (χ0v) is 12.7. The van der Waals surface area contributed by atoms with Gasteiger partial charge in [-0.3, -0.25) is 4.90 Å². The zero-order chi connectivity index (χ0) is 13.8. The van der Waals surface area contributed by atoms with Crippen LogP contribution in [0.4, 0.5) is 0 Å². The molecule has 2 unspecified atom stereocenters. The lowest BCUT2D eigenvalue weighted by molar-refractivity contribution is 0.127. The SMILES string of the molecule is CCN(C1CCCC1)C(c1cccc(Cl)c1)C(C)N. The second-order valence-electron chi connectivity index (χ2n) is 5.63. The topological polar surface area (TPSA) is 29.3 Å². The molecule has 0 amide bonds. The first-order chi connectivity index (χ1) is 9.13. The molecule has 2 nitrogen and oxygen atoms in total. The molecule has 0 aliphatic heterocycles. The Balaban J connectivity index is 2.27. The molecule has 1 aromatic carbocycles. The molecule has 1 aliphatic rings. The maximum Gasteiger partial charge on any atom is 0.0499 e. The summed E-state index contributed by atoms with van der Waals surface area (Å²) in [6.45, 7) is 5.38. The summed E-state index contributed by atoms with van der Waals surface area (Å²) in [5, 5.41) is 0.797. The third kappa shape index (κ3) is 3.50. The maximum absolute atomic E-state index is 6.28. The Morgan fingerprint density at radius 1 is 1.37 bits per heavy atom. The van der Waals surface area contributed by atoms with Crippen LogP contribution >= 0.6 is 11.6 Å². The van der Waals surface area contributed by atoms with Crippen molar-refractivity contribution in [3.8, 4) is 0 Å². The number of rotatable bonds is 5. The van der Waals surface area contributed by atoms with Crippen molar-refractivity contribution in [1.82, 2.24) is 4.90 Å². The average molecular weight is 281 g/mol. The van der Waals surface area contributed by atoms with E-state index in [1.807, 2.05) is 12.1 Å². The lowest BCUT2D eigenvalue weighted by atomic mass is 9.97. The highest BCUT2D eigenvalue weighted by atomic mass is 35.5. The average Bonchev–Trinajstić information content (AvgIpc) is 2.88. The molecule has 0 saturated heterocycles. The molecule has 0 aromatic heterocycles. The van der Waals surface area contributed by atoms with E-state index in [0.717, 1.165) is 11.6 Å². The Kier molecular flexibility index (Phi) is 5.26. The molecule has 106 valence electrons. The molecule has 0 spiro atoms. The van der Waals surface area contributed by atoms with E-state index in [-0.39, 0.29) is 12.1 Å². The molecule has 1 fully saturated rings. The monoisotopic (exact) mass is 280 g/mol. The summed E-state index contributed by atoms with van der Waals surface area (Å²) in [6, 6.07) is 9.22. The van der Waals surface area contributed by atoms with E-state index in [2.05, 4.69) is 30.9 Å². The number of hydrogen-bond donors (Lipinski definition) is 1. The minimum atomic E-state index is 0.110. The summed E-state index contributed by atoms with van der Waals surface area (Å²) < 4.78 is 0. The summed E-state index contributed by atoms with van der Waals surface area (Å²) in [6.07, 6.45) is 5.31. The van der Waals surface area contributed by atoms with E-state index >= 15 is 0 Å². The number of likely N-dealkylation sites (N-methyl/N-ethyl adjacent to an activating group) is 1. The second-order valence-corrected chi connectivity index (χ2v) is 6.06. The number of benzene rings is 1. The number of nitrogens with two attached hydrogens (primary N) is 1. The Labute approximate surface area is 121 Å². The van der Waals surface area contributed by atoms with Crippen molar-refractivity contribution in [3.63, 3.8) is 0 Å². The third-order valence-electron chi connectivity index (χ3n) is 4.20. The van der Waals surface area contributed by atoms with Gasteiger partial charge in [-0.2, -0.15) is 0 Å². The summed E-state index contributed by atoms with van der Waals surface area (Å²) >= 11 is 6.14. The predicted molar refractivity (Wildman–Crippen MR) is 82.5 cm³/mol. The highest BCUT2D eigenvalue weighted by Crippen LogP contribution is 2.33. The quantitative estimate of drug-likeness (QED) is 0.883. The summed E-state index contributed by atoms with van der Waals surface area (Å²) in [7, 11) is 0. The van der Waals surface area contributed by atoms with Crippen molar-refractivity contribution < 1.29 is 0 Å². The normalized spacial score (nSPS) is 19.8. The van der Waals surface area contributed by atoms with Gasteiger partial charge in [-0.25, -0.2) is 0 Å². The Morgan fingerprint density at radius 2 is 2.05 bits per heavy atom. The van der Waals surface area contributed by atoms with Crippen LogP contribution in [0.3, 0.4) is 0 Å². The highest BCUT2D eigenvalue weighted by molar-refractivity contribution is 6.30. The van der Waals surface area contributed by atoms with E-state index in [4.69, 9.17) is 17.3 Å². The summed E-state index contributed by atoms with van der Waals surface area (Å²) in [5.41, 5.74) is 7.52. The zero-order valence-electron chi connectivity index (χ0n) is 12.0. The molecule has 1 saturated carbocycles. The lowest BCUT2D eigenvalue weighted by Gasteiger charge is -2.38. The van der Waals surface area contributed by atoms with Crippen LogP contribution in [0.25, 0.3) is 0 Å². The van der Waals surface area contributed by atoms with Gasteiger partial charge in [0.15, 0.2) is 0 Å². The van der Waals surface area contributed by atoms with E-state index < -0.39 is 0 Å². The van der Waals surface area contributed by atoms with Gasteiger partial charge in [-0.05, 0) is 44.0 Å². The highest BCUT2D eigenvalue weighted by Gasteiger charge is 2.30. The number of nitrogens with zero attached hydrogens (tertiary/aromatic N) is 1. The van der Waals surface area contributed by atoms with E-state index in [1.54, 1.807) is 0 Å². The first-order valence-electron chi connectivity index (χ1n) is 7.40. The standard InChI is InChI=1S/C16H25ClN2/c1-3-19(15-9-4-5-10-15)16(12(2)18)13-7-6-8-14(17)11-13/h6-8,11-12,15-16H,3-5,9-10,18H2,1-2H3. The Morgan fingerprint density at radius 3 is 2.58 bits per heavy atom. The molecule has 0 bridgehead atoms. The minimum absolute atomic E-state index is 0.110. The number of halogens is 1. The first-order valence-corrected chi connectivity index (χ1v) is 7.78. The van der Waals surface area contributed by atoms with E-state index in [9.17, 15) is 0 Å². The van der Waals surface area contributed by atoms with Gasteiger partial charge < -0.3 is 5.73 Å².